The molecule has 1 unspecified atom stereocenters. The third-order valence-corrected chi connectivity index (χ3v) is 6.51. The van der Waals surface area contributed by atoms with E-state index in [0.717, 1.165) is 5.56 Å². The molecule has 0 bridgehead atoms. The van der Waals surface area contributed by atoms with E-state index in [1.807, 2.05) is 30.3 Å². The minimum absolute atomic E-state index is 0.0396. The van der Waals surface area contributed by atoms with Gasteiger partial charge in [-0.3, -0.25) is 14.5 Å². The summed E-state index contributed by atoms with van der Waals surface area (Å²) in [6.07, 6.45) is 1.20. The quantitative estimate of drug-likeness (QED) is 0.399. The standard InChI is InChI=1S/C27H28ClN3O4/c1-35-24-12-11-20(17-21(24)28)29-27(34)25(18-7-3-2-4-8-18)31-15-13-19(14-16-31)26(33)30-22-9-5-6-10-23(22)32/h2-12,17,19,25,32H,13-16H2,1H3,(H,29,34)(H,30,33). The summed E-state index contributed by atoms with van der Waals surface area (Å²) in [6, 6.07) is 20.9. The van der Waals surface area contributed by atoms with Gasteiger partial charge in [0.25, 0.3) is 0 Å². The van der Waals surface area contributed by atoms with Gasteiger partial charge in [0.05, 0.1) is 17.8 Å². The highest BCUT2D eigenvalue weighted by molar-refractivity contribution is 6.32. The number of hydrogen-bond donors (Lipinski definition) is 3. The molecule has 2 amide bonds. The number of nitrogens with one attached hydrogen (secondary N) is 2. The Bertz CT molecular complexity index is 1180. The zero-order chi connectivity index (χ0) is 24.8. The Morgan fingerprint density at radius 1 is 1.00 bits per heavy atom. The van der Waals surface area contributed by atoms with Crippen LogP contribution >= 0.6 is 11.6 Å². The van der Waals surface area contributed by atoms with Crippen molar-refractivity contribution in [2.45, 2.75) is 18.9 Å². The molecule has 7 nitrogen and oxygen atoms in total. The number of para-hydroxylation sites is 2. The molecule has 1 atom stereocenters. The first kappa shape index (κ1) is 24.6. The molecule has 1 heterocycles. The lowest BCUT2D eigenvalue weighted by Crippen LogP contribution is -2.44. The van der Waals surface area contributed by atoms with Crippen LogP contribution in [-0.4, -0.2) is 42.0 Å². The number of hydrogen-bond acceptors (Lipinski definition) is 5. The molecule has 1 aliphatic heterocycles. The van der Waals surface area contributed by atoms with Gasteiger partial charge in [0.1, 0.15) is 17.5 Å². The number of ether oxygens (including phenoxy) is 1. The summed E-state index contributed by atoms with van der Waals surface area (Å²) >= 11 is 6.23. The van der Waals surface area contributed by atoms with E-state index in [2.05, 4.69) is 15.5 Å². The highest BCUT2D eigenvalue weighted by Gasteiger charge is 2.33. The zero-order valence-corrected chi connectivity index (χ0v) is 20.2. The lowest BCUT2D eigenvalue weighted by atomic mass is 9.93. The number of phenolic OH excluding ortho intramolecular Hbond substituents is 1. The van der Waals surface area contributed by atoms with Gasteiger partial charge in [-0.05, 0) is 61.8 Å². The predicted octanol–water partition coefficient (Wildman–Crippen LogP) is 5.08. The Labute approximate surface area is 209 Å². The van der Waals surface area contributed by atoms with Gasteiger partial charge in [0.2, 0.25) is 11.8 Å². The Balaban J connectivity index is 1.45. The molecule has 1 fully saturated rings. The summed E-state index contributed by atoms with van der Waals surface area (Å²) in [5, 5.41) is 16.2. The average Bonchev–Trinajstić information content (AvgIpc) is 2.87. The molecular weight excluding hydrogens is 466 g/mol. The van der Waals surface area contributed by atoms with E-state index in [4.69, 9.17) is 16.3 Å². The minimum atomic E-state index is -0.515. The van der Waals surface area contributed by atoms with Crippen LogP contribution in [0.5, 0.6) is 11.5 Å². The fraction of sp³-hybridized carbons (Fsp3) is 0.259. The van der Waals surface area contributed by atoms with Crippen LogP contribution in [0.4, 0.5) is 11.4 Å². The molecule has 8 heteroatoms. The van der Waals surface area contributed by atoms with Gasteiger partial charge in [-0.2, -0.15) is 0 Å². The number of phenols is 1. The number of amides is 2. The molecule has 0 aromatic heterocycles. The van der Waals surface area contributed by atoms with Crippen LogP contribution in [0, 0.1) is 5.92 Å². The highest BCUT2D eigenvalue weighted by atomic mass is 35.5. The number of methoxy groups -OCH3 is 1. The molecule has 35 heavy (non-hydrogen) atoms. The summed E-state index contributed by atoms with van der Waals surface area (Å²) < 4.78 is 5.19. The van der Waals surface area contributed by atoms with Crippen LogP contribution in [0.2, 0.25) is 5.02 Å². The first-order valence-electron chi connectivity index (χ1n) is 11.5. The molecule has 182 valence electrons. The van der Waals surface area contributed by atoms with Crippen molar-refractivity contribution in [3.63, 3.8) is 0 Å². The van der Waals surface area contributed by atoms with Gasteiger partial charge in [0.15, 0.2) is 0 Å². The number of carbonyl (C=O) groups excluding carboxylic acids is 2. The van der Waals surface area contributed by atoms with Crippen molar-refractivity contribution in [3.8, 4) is 11.5 Å². The number of halogens is 1. The van der Waals surface area contributed by atoms with Crippen molar-refractivity contribution in [1.82, 2.24) is 4.90 Å². The van der Waals surface area contributed by atoms with Crippen molar-refractivity contribution in [1.29, 1.82) is 0 Å². The van der Waals surface area contributed by atoms with Gasteiger partial charge < -0.3 is 20.5 Å². The summed E-state index contributed by atoms with van der Waals surface area (Å²) in [5.41, 5.74) is 1.86. The molecule has 3 aromatic carbocycles. The van der Waals surface area contributed by atoms with E-state index in [1.165, 1.54) is 13.2 Å². The summed E-state index contributed by atoms with van der Waals surface area (Å²) in [5.74, 6) is 0.0752. The number of likely N-dealkylation sites (tertiary alicyclic amines) is 1. The summed E-state index contributed by atoms with van der Waals surface area (Å²) in [6.45, 7) is 1.16. The van der Waals surface area contributed by atoms with Crippen molar-refractivity contribution >= 4 is 34.8 Å². The van der Waals surface area contributed by atoms with E-state index in [9.17, 15) is 14.7 Å². The second-order valence-corrected chi connectivity index (χ2v) is 8.88. The van der Waals surface area contributed by atoms with Crippen LogP contribution in [0.25, 0.3) is 0 Å². The number of piperidine rings is 1. The van der Waals surface area contributed by atoms with E-state index in [-0.39, 0.29) is 23.5 Å². The maximum Gasteiger partial charge on any atom is 0.246 e. The maximum atomic E-state index is 13.4. The fourth-order valence-corrected chi connectivity index (χ4v) is 4.61. The zero-order valence-electron chi connectivity index (χ0n) is 19.4. The molecule has 1 saturated heterocycles. The molecule has 1 aliphatic rings. The smallest absolute Gasteiger partial charge is 0.246 e. The molecular formula is C27H28ClN3O4. The third kappa shape index (κ3) is 5.93. The molecule has 0 aliphatic carbocycles. The van der Waals surface area contributed by atoms with E-state index >= 15 is 0 Å². The normalized spacial score (nSPS) is 15.3. The van der Waals surface area contributed by atoms with Gasteiger partial charge in [-0.25, -0.2) is 0 Å². The molecule has 4 rings (SSSR count). The highest BCUT2D eigenvalue weighted by Crippen LogP contribution is 2.31. The lowest BCUT2D eigenvalue weighted by molar-refractivity contribution is -0.124. The van der Waals surface area contributed by atoms with Gasteiger partial charge in [-0.1, -0.05) is 54.1 Å². The number of benzene rings is 3. The number of carbonyl (C=O) groups is 2. The molecule has 0 spiro atoms. The Morgan fingerprint density at radius 2 is 1.69 bits per heavy atom. The first-order chi connectivity index (χ1) is 17.0. The number of nitrogens with zero attached hydrogens (tertiary/aromatic N) is 1. The van der Waals surface area contributed by atoms with Crippen LogP contribution in [0.3, 0.4) is 0 Å². The summed E-state index contributed by atoms with van der Waals surface area (Å²) in [7, 11) is 1.54. The monoisotopic (exact) mass is 493 g/mol. The Hall–Kier alpha value is -3.55. The van der Waals surface area contributed by atoms with E-state index in [1.54, 1.807) is 36.4 Å². The van der Waals surface area contributed by atoms with Crippen molar-refractivity contribution in [2.75, 3.05) is 30.8 Å². The van der Waals surface area contributed by atoms with Gasteiger partial charge in [0, 0.05) is 11.6 Å². The topological polar surface area (TPSA) is 90.9 Å². The maximum absolute atomic E-state index is 13.4. The molecule has 0 saturated carbocycles. The van der Waals surface area contributed by atoms with Crippen LogP contribution < -0.4 is 15.4 Å². The number of rotatable bonds is 7. The molecule has 3 N–H and O–H groups in total. The largest absolute Gasteiger partial charge is 0.506 e. The second kappa shape index (κ2) is 11.3. The van der Waals surface area contributed by atoms with Crippen LogP contribution in [0.1, 0.15) is 24.4 Å². The van der Waals surface area contributed by atoms with Crippen LogP contribution in [-0.2, 0) is 9.59 Å². The van der Waals surface area contributed by atoms with E-state index < -0.39 is 6.04 Å². The Kier molecular flexibility index (Phi) is 7.90. The van der Waals surface area contributed by atoms with Crippen LogP contribution in [0.15, 0.2) is 72.8 Å². The number of aromatic hydroxyl groups is 1. The SMILES string of the molecule is COc1ccc(NC(=O)C(c2ccccc2)N2CCC(C(=O)Nc3ccccc3O)CC2)cc1Cl. The number of anilines is 2. The predicted molar refractivity (Wildman–Crippen MR) is 137 cm³/mol. The van der Waals surface area contributed by atoms with Crippen molar-refractivity contribution < 1.29 is 19.4 Å². The van der Waals surface area contributed by atoms with Gasteiger partial charge >= 0.3 is 0 Å². The molecule has 0 radical (unpaired) electrons. The minimum Gasteiger partial charge on any atom is -0.506 e. The Morgan fingerprint density at radius 3 is 2.34 bits per heavy atom. The average molecular weight is 494 g/mol. The third-order valence-electron chi connectivity index (χ3n) is 6.21. The van der Waals surface area contributed by atoms with Crippen molar-refractivity contribution in [2.24, 2.45) is 5.92 Å². The lowest BCUT2D eigenvalue weighted by Gasteiger charge is -2.36. The first-order valence-corrected chi connectivity index (χ1v) is 11.9. The molecule has 3 aromatic rings. The van der Waals surface area contributed by atoms with Crippen molar-refractivity contribution in [3.05, 3.63) is 83.4 Å². The van der Waals surface area contributed by atoms with E-state index in [0.29, 0.717) is 48.1 Å². The summed E-state index contributed by atoms with van der Waals surface area (Å²) in [4.78, 5) is 28.3. The van der Waals surface area contributed by atoms with Gasteiger partial charge in [-0.15, -0.1) is 0 Å². The fourth-order valence-electron chi connectivity index (χ4n) is 4.35. The second-order valence-electron chi connectivity index (χ2n) is 8.47.